The molecular weight excluding hydrogens is 246 g/mol. The van der Waals surface area contributed by atoms with E-state index in [9.17, 15) is 13.5 Å². The summed E-state index contributed by atoms with van der Waals surface area (Å²) in [4.78, 5) is 7.47. The van der Waals surface area contributed by atoms with Crippen molar-refractivity contribution in [2.24, 2.45) is 5.84 Å². The monoisotopic (exact) mass is 259 g/mol. The highest BCUT2D eigenvalue weighted by molar-refractivity contribution is 7.89. The Balaban J connectivity index is 2.25. The minimum absolute atomic E-state index is 0.00870. The third kappa shape index (κ3) is 2.36. The van der Waals surface area contributed by atoms with E-state index in [1.54, 1.807) is 0 Å². The normalized spacial score (nSPS) is 21.6. The predicted octanol–water partition coefficient (Wildman–Crippen LogP) is -1.48. The molecule has 0 spiro atoms. The van der Waals surface area contributed by atoms with Crippen molar-refractivity contribution in [3.05, 3.63) is 12.4 Å². The zero-order chi connectivity index (χ0) is 12.5. The Morgan fingerprint density at radius 3 is 2.59 bits per heavy atom. The maximum atomic E-state index is 12.1. The Kier molecular flexibility index (Phi) is 3.24. The number of nitrogens with two attached hydrogens (primary N) is 1. The van der Waals surface area contributed by atoms with Crippen LogP contribution in [0.15, 0.2) is 17.3 Å². The van der Waals surface area contributed by atoms with Crippen LogP contribution in [0.5, 0.6) is 0 Å². The summed E-state index contributed by atoms with van der Waals surface area (Å²) < 4.78 is 25.3. The second-order valence-corrected chi connectivity index (χ2v) is 5.63. The maximum Gasteiger partial charge on any atom is 0.246 e. The number of rotatable bonds is 3. The van der Waals surface area contributed by atoms with E-state index in [4.69, 9.17) is 5.84 Å². The standard InChI is InChI=1S/C8H13N5O3S/c9-12-8-10-3-7(4-11-8)17(15,16)13-2-1-6(14)5-13/h3-4,6,14H,1-2,5,9H2,(H,10,11,12). The molecule has 8 nitrogen and oxygen atoms in total. The van der Waals surface area contributed by atoms with Crippen LogP contribution in [-0.2, 0) is 10.0 Å². The van der Waals surface area contributed by atoms with Crippen LogP contribution in [0.1, 0.15) is 6.42 Å². The molecule has 0 radical (unpaired) electrons. The number of hydrogen-bond acceptors (Lipinski definition) is 7. The van der Waals surface area contributed by atoms with Gasteiger partial charge in [-0.05, 0) is 6.42 Å². The summed E-state index contributed by atoms with van der Waals surface area (Å²) in [5, 5.41) is 9.33. The van der Waals surface area contributed by atoms with Crippen molar-refractivity contribution in [2.75, 3.05) is 18.5 Å². The molecule has 0 aromatic carbocycles. The highest BCUT2D eigenvalue weighted by Crippen LogP contribution is 2.20. The number of aliphatic hydroxyl groups excluding tert-OH is 1. The quantitative estimate of drug-likeness (QED) is 0.447. The molecule has 1 aliphatic heterocycles. The number of aromatic nitrogens is 2. The van der Waals surface area contributed by atoms with E-state index in [1.165, 1.54) is 16.7 Å². The number of β-amino-alcohol motifs (C(OH)–C–C–N with tert-alkyl or cyclic N) is 1. The van der Waals surface area contributed by atoms with Gasteiger partial charge in [-0.25, -0.2) is 24.2 Å². The Morgan fingerprint density at radius 2 is 2.12 bits per heavy atom. The van der Waals surface area contributed by atoms with E-state index in [1.807, 2.05) is 0 Å². The van der Waals surface area contributed by atoms with Crippen LogP contribution >= 0.6 is 0 Å². The van der Waals surface area contributed by atoms with Crippen LogP contribution in [0.4, 0.5) is 5.95 Å². The zero-order valence-corrected chi connectivity index (χ0v) is 9.76. The Morgan fingerprint density at radius 1 is 1.47 bits per heavy atom. The van der Waals surface area contributed by atoms with E-state index in [-0.39, 0.29) is 17.4 Å². The van der Waals surface area contributed by atoms with Crippen LogP contribution in [0, 0.1) is 0 Å². The minimum Gasteiger partial charge on any atom is -0.392 e. The fourth-order valence-corrected chi connectivity index (χ4v) is 2.99. The van der Waals surface area contributed by atoms with Gasteiger partial charge in [0.15, 0.2) is 0 Å². The second-order valence-electron chi connectivity index (χ2n) is 3.69. The largest absolute Gasteiger partial charge is 0.392 e. The summed E-state index contributed by atoms with van der Waals surface area (Å²) in [7, 11) is -3.62. The van der Waals surface area contributed by atoms with Gasteiger partial charge in [0.2, 0.25) is 16.0 Å². The van der Waals surface area contributed by atoms with Crippen molar-refractivity contribution in [3.63, 3.8) is 0 Å². The molecule has 0 aliphatic carbocycles. The lowest BCUT2D eigenvalue weighted by molar-refractivity contribution is 0.189. The van der Waals surface area contributed by atoms with Crippen molar-refractivity contribution in [3.8, 4) is 0 Å². The molecule has 2 heterocycles. The Bertz CT molecular complexity index is 488. The molecule has 1 atom stereocenters. The molecule has 1 saturated heterocycles. The molecule has 1 aromatic rings. The summed E-state index contributed by atoms with van der Waals surface area (Å²) in [6, 6.07) is 0. The number of aliphatic hydroxyl groups is 1. The number of hydrogen-bond donors (Lipinski definition) is 3. The summed E-state index contributed by atoms with van der Waals surface area (Å²) in [5.74, 6) is 5.23. The first-order valence-electron chi connectivity index (χ1n) is 5.01. The number of nitrogens with one attached hydrogen (secondary N) is 1. The van der Waals surface area contributed by atoms with Gasteiger partial charge in [0.25, 0.3) is 0 Å². The van der Waals surface area contributed by atoms with Gasteiger partial charge in [0.1, 0.15) is 4.90 Å². The molecule has 1 aliphatic rings. The minimum atomic E-state index is -3.62. The highest BCUT2D eigenvalue weighted by atomic mass is 32.2. The highest BCUT2D eigenvalue weighted by Gasteiger charge is 2.31. The fraction of sp³-hybridized carbons (Fsp3) is 0.500. The summed E-state index contributed by atoms with van der Waals surface area (Å²) in [6.07, 6.45) is 2.21. The molecule has 0 amide bonds. The lowest BCUT2D eigenvalue weighted by atomic mass is 10.3. The molecule has 0 saturated carbocycles. The molecule has 0 bridgehead atoms. The fourth-order valence-electron chi connectivity index (χ4n) is 1.60. The van der Waals surface area contributed by atoms with Crippen LogP contribution in [-0.4, -0.2) is 47.0 Å². The van der Waals surface area contributed by atoms with E-state index >= 15 is 0 Å². The maximum absolute atomic E-state index is 12.1. The van der Waals surface area contributed by atoms with Gasteiger partial charge in [0.05, 0.1) is 18.5 Å². The first-order chi connectivity index (χ1) is 8.04. The lowest BCUT2D eigenvalue weighted by Crippen LogP contribution is -2.30. The molecule has 1 aromatic heterocycles. The Hall–Kier alpha value is -1.29. The van der Waals surface area contributed by atoms with Crippen molar-refractivity contribution in [1.29, 1.82) is 0 Å². The second kappa shape index (κ2) is 4.53. The molecule has 17 heavy (non-hydrogen) atoms. The smallest absolute Gasteiger partial charge is 0.246 e. The number of nitrogen functional groups attached to an aromatic ring is 1. The van der Waals surface area contributed by atoms with Gasteiger partial charge in [-0.2, -0.15) is 4.31 Å². The van der Waals surface area contributed by atoms with Crippen LogP contribution in [0.3, 0.4) is 0 Å². The molecule has 1 fully saturated rings. The predicted molar refractivity (Wildman–Crippen MR) is 59.2 cm³/mol. The van der Waals surface area contributed by atoms with Gasteiger partial charge in [-0.15, -0.1) is 0 Å². The van der Waals surface area contributed by atoms with Crippen LogP contribution in [0.25, 0.3) is 0 Å². The van der Waals surface area contributed by atoms with Gasteiger partial charge < -0.3 is 5.11 Å². The van der Waals surface area contributed by atoms with E-state index in [0.29, 0.717) is 13.0 Å². The van der Waals surface area contributed by atoms with Crippen molar-refractivity contribution in [1.82, 2.24) is 14.3 Å². The van der Waals surface area contributed by atoms with Crippen LogP contribution in [0.2, 0.25) is 0 Å². The van der Waals surface area contributed by atoms with Gasteiger partial charge in [0, 0.05) is 13.1 Å². The van der Waals surface area contributed by atoms with Gasteiger partial charge in [-0.3, -0.25) is 5.43 Å². The zero-order valence-electron chi connectivity index (χ0n) is 8.94. The van der Waals surface area contributed by atoms with Gasteiger partial charge >= 0.3 is 0 Å². The lowest BCUT2D eigenvalue weighted by Gasteiger charge is -2.15. The third-order valence-electron chi connectivity index (χ3n) is 2.52. The molecule has 4 N–H and O–H groups in total. The third-order valence-corrected chi connectivity index (χ3v) is 4.34. The average molecular weight is 259 g/mol. The number of anilines is 1. The number of sulfonamides is 1. The SMILES string of the molecule is NNc1ncc(S(=O)(=O)N2CCC(O)C2)cn1. The van der Waals surface area contributed by atoms with E-state index in [2.05, 4.69) is 15.4 Å². The first-order valence-corrected chi connectivity index (χ1v) is 6.45. The summed E-state index contributed by atoms with van der Waals surface area (Å²) >= 11 is 0. The molecule has 9 heteroatoms. The van der Waals surface area contributed by atoms with Crippen molar-refractivity contribution in [2.45, 2.75) is 17.4 Å². The van der Waals surface area contributed by atoms with Gasteiger partial charge in [-0.1, -0.05) is 0 Å². The van der Waals surface area contributed by atoms with E-state index in [0.717, 1.165) is 0 Å². The van der Waals surface area contributed by atoms with E-state index < -0.39 is 16.1 Å². The van der Waals surface area contributed by atoms with Crippen molar-refractivity contribution >= 4 is 16.0 Å². The Labute approximate surface area is 98.5 Å². The summed E-state index contributed by atoms with van der Waals surface area (Å²) in [6.45, 7) is 0.416. The topological polar surface area (TPSA) is 121 Å². The average Bonchev–Trinajstić information content (AvgIpc) is 2.77. The molecule has 1 unspecified atom stereocenters. The molecule has 94 valence electrons. The molecular formula is C8H13N5O3S. The van der Waals surface area contributed by atoms with Crippen LogP contribution < -0.4 is 11.3 Å². The summed E-state index contributed by atoms with van der Waals surface area (Å²) in [5.41, 5.74) is 2.21. The first kappa shape index (κ1) is 12.2. The van der Waals surface area contributed by atoms with Crippen molar-refractivity contribution < 1.29 is 13.5 Å². The number of hydrazine groups is 1. The molecule has 2 rings (SSSR count). The number of nitrogens with zero attached hydrogens (tertiary/aromatic N) is 3.